The highest BCUT2D eigenvalue weighted by Gasteiger charge is 2.25. The highest BCUT2D eigenvalue weighted by atomic mass is 35.5. The van der Waals surface area contributed by atoms with Crippen LogP contribution in [0, 0.1) is 0 Å². The quantitative estimate of drug-likeness (QED) is 0.645. The molecule has 156 valence electrons. The second kappa shape index (κ2) is 10.2. The Morgan fingerprint density at radius 1 is 1.14 bits per heavy atom. The van der Waals surface area contributed by atoms with Gasteiger partial charge >= 0.3 is 0 Å². The van der Waals surface area contributed by atoms with E-state index in [2.05, 4.69) is 4.72 Å². The van der Waals surface area contributed by atoms with Crippen LogP contribution in [0.3, 0.4) is 0 Å². The van der Waals surface area contributed by atoms with Gasteiger partial charge in [-0.1, -0.05) is 54.1 Å². The van der Waals surface area contributed by atoms with Crippen molar-refractivity contribution in [3.63, 3.8) is 0 Å². The Labute approximate surface area is 176 Å². The lowest BCUT2D eigenvalue weighted by molar-refractivity contribution is -0.139. The van der Waals surface area contributed by atoms with Crippen molar-refractivity contribution in [2.24, 2.45) is 0 Å². The van der Waals surface area contributed by atoms with Gasteiger partial charge in [0.2, 0.25) is 15.9 Å². The number of morpholine rings is 1. The van der Waals surface area contributed by atoms with Gasteiger partial charge in [0.15, 0.2) is 0 Å². The average Bonchev–Trinajstić information content (AvgIpc) is 2.73. The van der Waals surface area contributed by atoms with E-state index < -0.39 is 10.0 Å². The van der Waals surface area contributed by atoms with Crippen LogP contribution in [0.1, 0.15) is 30.1 Å². The van der Waals surface area contributed by atoms with Gasteiger partial charge in [-0.15, -0.1) is 0 Å². The number of ether oxygens (including phenoxy) is 1. The van der Waals surface area contributed by atoms with E-state index in [1.54, 1.807) is 29.2 Å². The van der Waals surface area contributed by atoms with Crippen LogP contribution in [0.25, 0.3) is 0 Å². The summed E-state index contributed by atoms with van der Waals surface area (Å²) in [5.74, 6) is -0.0912. The summed E-state index contributed by atoms with van der Waals surface area (Å²) < 4.78 is 32.7. The van der Waals surface area contributed by atoms with Gasteiger partial charge in [0, 0.05) is 24.5 Å². The first kappa shape index (κ1) is 21.8. The molecule has 1 N–H and O–H groups in total. The molecular formula is C21H25ClN2O4S. The number of carbonyl (C=O) groups is 1. The molecule has 1 atom stereocenters. The topological polar surface area (TPSA) is 75.7 Å². The molecular weight excluding hydrogens is 412 g/mol. The Morgan fingerprint density at radius 3 is 2.59 bits per heavy atom. The first-order valence-corrected chi connectivity index (χ1v) is 11.6. The zero-order chi connectivity index (χ0) is 20.7. The lowest BCUT2D eigenvalue weighted by atomic mass is 10.1. The normalized spacial score (nSPS) is 17.3. The summed E-state index contributed by atoms with van der Waals surface area (Å²) in [6, 6.07) is 16.5. The predicted octanol–water partition coefficient (Wildman–Crippen LogP) is 3.14. The molecule has 2 aromatic carbocycles. The van der Waals surface area contributed by atoms with Crippen LogP contribution in [0.5, 0.6) is 0 Å². The minimum absolute atomic E-state index is 0.0196. The van der Waals surface area contributed by atoms with Crippen molar-refractivity contribution >= 4 is 27.5 Å². The lowest BCUT2D eigenvalue weighted by Crippen LogP contribution is -2.42. The maximum atomic E-state index is 12.5. The molecule has 1 aliphatic rings. The number of nitrogens with zero attached hydrogens (tertiary/aromatic N) is 1. The van der Waals surface area contributed by atoms with Crippen LogP contribution in [0.15, 0.2) is 54.6 Å². The minimum atomic E-state index is -3.45. The first-order valence-electron chi connectivity index (χ1n) is 9.59. The molecule has 0 aliphatic carbocycles. The molecule has 1 heterocycles. The Kier molecular flexibility index (Phi) is 7.66. The number of carbonyl (C=O) groups excluding carboxylic acids is 1. The molecule has 3 rings (SSSR count). The van der Waals surface area contributed by atoms with Gasteiger partial charge < -0.3 is 9.64 Å². The highest BCUT2D eigenvalue weighted by Crippen LogP contribution is 2.22. The minimum Gasteiger partial charge on any atom is -0.370 e. The van der Waals surface area contributed by atoms with E-state index in [1.807, 2.05) is 30.3 Å². The molecule has 0 aromatic heterocycles. The van der Waals surface area contributed by atoms with Crippen LogP contribution in [0.2, 0.25) is 5.02 Å². The van der Waals surface area contributed by atoms with Gasteiger partial charge in [-0.05, 0) is 29.7 Å². The van der Waals surface area contributed by atoms with Crippen molar-refractivity contribution in [2.45, 2.75) is 24.7 Å². The number of benzene rings is 2. The number of hydrogen-bond donors (Lipinski definition) is 1. The zero-order valence-corrected chi connectivity index (χ0v) is 17.7. The molecule has 0 bridgehead atoms. The maximum absolute atomic E-state index is 12.5. The third-order valence-electron chi connectivity index (χ3n) is 4.75. The SMILES string of the molecule is O=C(CCCNS(=O)(=O)Cc1ccc(Cl)cc1)N1CCOC(c2ccccc2)C1. The fraction of sp³-hybridized carbons (Fsp3) is 0.381. The van der Waals surface area contributed by atoms with Gasteiger partial charge in [0.05, 0.1) is 18.9 Å². The number of amides is 1. The van der Waals surface area contributed by atoms with Crippen LogP contribution in [-0.2, 0) is 25.3 Å². The predicted molar refractivity (Wildman–Crippen MR) is 113 cm³/mol. The summed E-state index contributed by atoms with van der Waals surface area (Å²) in [6.45, 7) is 1.81. The van der Waals surface area contributed by atoms with Gasteiger partial charge in [-0.3, -0.25) is 4.79 Å². The third-order valence-corrected chi connectivity index (χ3v) is 6.36. The van der Waals surface area contributed by atoms with E-state index in [0.29, 0.717) is 43.1 Å². The standard InChI is InChI=1S/C21H25ClN2O4S/c22-19-10-8-17(9-11-19)16-29(26,27)23-12-4-7-21(25)24-13-14-28-20(15-24)18-5-2-1-3-6-18/h1-3,5-6,8-11,20,23H,4,7,12-16H2. The summed E-state index contributed by atoms with van der Waals surface area (Å²) >= 11 is 5.81. The van der Waals surface area contributed by atoms with Crippen molar-refractivity contribution in [3.8, 4) is 0 Å². The van der Waals surface area contributed by atoms with E-state index >= 15 is 0 Å². The van der Waals surface area contributed by atoms with E-state index in [0.717, 1.165) is 5.56 Å². The molecule has 2 aromatic rings. The van der Waals surface area contributed by atoms with Crippen molar-refractivity contribution in [3.05, 3.63) is 70.7 Å². The molecule has 0 spiro atoms. The molecule has 1 unspecified atom stereocenters. The monoisotopic (exact) mass is 436 g/mol. The number of nitrogens with one attached hydrogen (secondary N) is 1. The van der Waals surface area contributed by atoms with E-state index in [9.17, 15) is 13.2 Å². The van der Waals surface area contributed by atoms with Crippen LogP contribution < -0.4 is 4.72 Å². The highest BCUT2D eigenvalue weighted by molar-refractivity contribution is 7.88. The van der Waals surface area contributed by atoms with Crippen molar-refractivity contribution in [1.29, 1.82) is 0 Å². The second-order valence-electron chi connectivity index (χ2n) is 6.99. The Morgan fingerprint density at radius 2 is 1.86 bits per heavy atom. The Balaban J connectivity index is 1.41. The van der Waals surface area contributed by atoms with Crippen LogP contribution in [0.4, 0.5) is 0 Å². The fourth-order valence-electron chi connectivity index (χ4n) is 3.22. The molecule has 29 heavy (non-hydrogen) atoms. The molecule has 1 aliphatic heterocycles. The average molecular weight is 437 g/mol. The van der Waals surface area contributed by atoms with Gasteiger partial charge in [0.25, 0.3) is 0 Å². The summed E-state index contributed by atoms with van der Waals surface area (Å²) in [5, 5.41) is 0.565. The van der Waals surface area contributed by atoms with Crippen molar-refractivity contribution in [1.82, 2.24) is 9.62 Å². The molecule has 1 saturated heterocycles. The van der Waals surface area contributed by atoms with Crippen molar-refractivity contribution < 1.29 is 17.9 Å². The Bertz CT molecular complexity index is 904. The summed E-state index contributed by atoms with van der Waals surface area (Å²) in [6.07, 6.45) is 0.628. The molecule has 1 amide bonds. The first-order chi connectivity index (χ1) is 13.9. The van der Waals surface area contributed by atoms with Gasteiger partial charge in [-0.2, -0.15) is 0 Å². The molecule has 8 heteroatoms. The van der Waals surface area contributed by atoms with E-state index in [1.165, 1.54) is 0 Å². The number of rotatable bonds is 8. The number of sulfonamides is 1. The molecule has 6 nitrogen and oxygen atoms in total. The number of hydrogen-bond acceptors (Lipinski definition) is 4. The van der Waals surface area contributed by atoms with Crippen molar-refractivity contribution in [2.75, 3.05) is 26.2 Å². The lowest BCUT2D eigenvalue weighted by Gasteiger charge is -2.33. The van der Waals surface area contributed by atoms with Crippen LogP contribution in [-0.4, -0.2) is 45.5 Å². The third kappa shape index (κ3) is 6.82. The molecule has 1 fully saturated rings. The number of halogens is 1. The maximum Gasteiger partial charge on any atom is 0.222 e. The smallest absolute Gasteiger partial charge is 0.222 e. The fourth-order valence-corrected chi connectivity index (χ4v) is 4.54. The molecule has 0 saturated carbocycles. The van der Waals surface area contributed by atoms with E-state index in [4.69, 9.17) is 16.3 Å². The summed E-state index contributed by atoms with van der Waals surface area (Å²) in [5.41, 5.74) is 1.72. The van der Waals surface area contributed by atoms with Gasteiger partial charge in [-0.25, -0.2) is 13.1 Å². The second-order valence-corrected chi connectivity index (χ2v) is 9.24. The van der Waals surface area contributed by atoms with Crippen LogP contribution >= 0.6 is 11.6 Å². The van der Waals surface area contributed by atoms with E-state index in [-0.39, 0.29) is 24.3 Å². The zero-order valence-electron chi connectivity index (χ0n) is 16.1. The summed E-state index contributed by atoms with van der Waals surface area (Å²) in [7, 11) is -3.45. The molecule has 0 radical (unpaired) electrons. The Hall–Kier alpha value is -1.93. The van der Waals surface area contributed by atoms with Gasteiger partial charge in [0.1, 0.15) is 6.10 Å². The largest absolute Gasteiger partial charge is 0.370 e. The summed E-state index contributed by atoms with van der Waals surface area (Å²) in [4.78, 5) is 14.3.